The van der Waals surface area contributed by atoms with E-state index in [1.54, 1.807) is 41.5 Å². The highest BCUT2D eigenvalue weighted by atomic mass is 35.5. The number of hydrogen-bond donors (Lipinski definition) is 1. The molecule has 0 radical (unpaired) electrons. The Morgan fingerprint density at radius 2 is 2.04 bits per heavy atom. The highest BCUT2D eigenvalue weighted by Gasteiger charge is 2.22. The van der Waals surface area contributed by atoms with Crippen LogP contribution in [0.5, 0.6) is 0 Å². The Morgan fingerprint density at radius 3 is 2.78 bits per heavy atom. The van der Waals surface area contributed by atoms with Gasteiger partial charge < -0.3 is 4.84 Å². The normalized spacial score (nSPS) is 14.4. The minimum absolute atomic E-state index is 0.156. The molecule has 3 rings (SSSR count). The number of benzene rings is 2. The van der Waals surface area contributed by atoms with Crippen molar-refractivity contribution in [3.63, 3.8) is 0 Å². The minimum Gasteiger partial charge on any atom is -0.368 e. The molecular formula is C19H21ClN2O4S. The Balaban J connectivity index is 1.78. The molecule has 0 saturated carbocycles. The zero-order valence-corrected chi connectivity index (χ0v) is 16.5. The monoisotopic (exact) mass is 408 g/mol. The zero-order valence-electron chi connectivity index (χ0n) is 14.9. The summed E-state index contributed by atoms with van der Waals surface area (Å²) in [7, 11) is -3.75. The molecule has 1 aliphatic heterocycles. The van der Waals surface area contributed by atoms with Crippen molar-refractivity contribution < 1.29 is 18.0 Å². The fourth-order valence-corrected chi connectivity index (χ4v) is 4.20. The van der Waals surface area contributed by atoms with Crippen LogP contribution < -0.4 is 4.72 Å². The molecule has 144 valence electrons. The van der Waals surface area contributed by atoms with E-state index < -0.39 is 10.0 Å². The van der Waals surface area contributed by atoms with Crippen LogP contribution in [0.25, 0.3) is 0 Å². The maximum absolute atomic E-state index is 12.7. The molecule has 0 atom stereocenters. The molecule has 27 heavy (non-hydrogen) atoms. The number of carbonyl (C=O) groups excluding carboxylic acids is 1. The van der Waals surface area contributed by atoms with E-state index >= 15 is 0 Å². The van der Waals surface area contributed by atoms with Crippen LogP contribution in [-0.4, -0.2) is 26.0 Å². The summed E-state index contributed by atoms with van der Waals surface area (Å²) in [6, 6.07) is 11.6. The van der Waals surface area contributed by atoms with Crippen molar-refractivity contribution in [2.75, 3.05) is 11.3 Å². The summed E-state index contributed by atoms with van der Waals surface area (Å²) < 4.78 is 27.9. The lowest BCUT2D eigenvalue weighted by atomic mass is 10.0. The van der Waals surface area contributed by atoms with E-state index in [-0.39, 0.29) is 10.9 Å². The summed E-state index contributed by atoms with van der Waals surface area (Å²) in [5.41, 5.74) is 2.29. The molecule has 0 aromatic heterocycles. The molecule has 0 unspecified atom stereocenters. The van der Waals surface area contributed by atoms with Gasteiger partial charge in [-0.25, -0.2) is 8.42 Å². The fourth-order valence-electron chi connectivity index (χ4n) is 2.91. The van der Waals surface area contributed by atoms with Crippen LogP contribution in [0.3, 0.4) is 0 Å². The number of sulfonamides is 1. The van der Waals surface area contributed by atoms with Gasteiger partial charge in [0.15, 0.2) is 0 Å². The third kappa shape index (κ3) is 5.00. The second-order valence-corrected chi connectivity index (χ2v) is 8.49. The molecule has 1 aliphatic rings. The average molecular weight is 409 g/mol. The van der Waals surface area contributed by atoms with E-state index in [2.05, 4.69) is 4.72 Å². The maximum Gasteiger partial charge on any atom is 0.325 e. The molecule has 1 heterocycles. The van der Waals surface area contributed by atoms with Crippen molar-refractivity contribution in [3.8, 4) is 0 Å². The molecule has 0 aliphatic carbocycles. The Morgan fingerprint density at radius 1 is 1.22 bits per heavy atom. The highest BCUT2D eigenvalue weighted by molar-refractivity contribution is 7.92. The predicted octanol–water partition coefficient (Wildman–Crippen LogP) is 3.76. The molecular weight excluding hydrogens is 388 g/mol. The molecule has 6 nitrogen and oxygen atoms in total. The van der Waals surface area contributed by atoms with Gasteiger partial charge in [0.2, 0.25) is 0 Å². The molecule has 0 spiro atoms. The summed E-state index contributed by atoms with van der Waals surface area (Å²) in [6.07, 6.45) is 1.78. The molecule has 2 aromatic carbocycles. The lowest BCUT2D eigenvalue weighted by Gasteiger charge is -2.27. The van der Waals surface area contributed by atoms with E-state index in [1.807, 2.05) is 13.0 Å². The van der Waals surface area contributed by atoms with Crippen LogP contribution in [-0.2, 0) is 32.6 Å². The van der Waals surface area contributed by atoms with Crippen LogP contribution in [0.15, 0.2) is 47.4 Å². The third-order valence-electron chi connectivity index (χ3n) is 4.23. The van der Waals surface area contributed by atoms with Crippen molar-refractivity contribution >= 4 is 33.3 Å². The van der Waals surface area contributed by atoms with Crippen molar-refractivity contribution in [1.29, 1.82) is 0 Å². The summed E-state index contributed by atoms with van der Waals surface area (Å²) >= 11 is 5.91. The van der Waals surface area contributed by atoms with E-state index in [0.29, 0.717) is 36.6 Å². The molecule has 1 N–H and O–H groups in total. The van der Waals surface area contributed by atoms with Crippen LogP contribution in [0.2, 0.25) is 5.02 Å². The van der Waals surface area contributed by atoms with Crippen LogP contribution in [0.1, 0.15) is 30.9 Å². The number of nitrogens with zero attached hydrogens (tertiary/aromatic N) is 1. The first-order valence-corrected chi connectivity index (χ1v) is 10.6. The molecule has 0 saturated heterocycles. The first kappa shape index (κ1) is 19.7. The van der Waals surface area contributed by atoms with Gasteiger partial charge in [0.1, 0.15) is 0 Å². The number of fused-ring (bicyclic) bond motifs is 1. The van der Waals surface area contributed by atoms with E-state index in [9.17, 15) is 13.2 Å². The second kappa shape index (κ2) is 8.29. The lowest BCUT2D eigenvalue weighted by Crippen LogP contribution is -2.33. The van der Waals surface area contributed by atoms with Gasteiger partial charge in [-0.3, -0.25) is 9.52 Å². The summed E-state index contributed by atoms with van der Waals surface area (Å²) in [5, 5.41) is 2.03. The number of hydrogen-bond acceptors (Lipinski definition) is 5. The van der Waals surface area contributed by atoms with Crippen LogP contribution in [0, 0.1) is 0 Å². The Bertz CT molecular complexity index is 946. The van der Waals surface area contributed by atoms with Gasteiger partial charge in [0.25, 0.3) is 10.0 Å². The standard InChI is InChI=1S/C19H21ClN2O4S/c1-2-4-19(23)26-22-10-9-14-7-8-18(11-15(14)13-22)27(24,25)21-17-6-3-5-16(20)12-17/h3,5-8,11-12,21H,2,4,9-10,13H2,1H3. The van der Waals surface area contributed by atoms with E-state index in [1.165, 1.54) is 0 Å². The average Bonchev–Trinajstić information content (AvgIpc) is 2.61. The SMILES string of the molecule is CCCC(=O)ON1CCc2ccc(S(=O)(=O)Nc3cccc(Cl)c3)cc2C1. The first-order valence-electron chi connectivity index (χ1n) is 8.73. The maximum atomic E-state index is 12.7. The number of nitrogens with one attached hydrogen (secondary N) is 1. The van der Waals surface area contributed by atoms with Crippen molar-refractivity contribution in [2.24, 2.45) is 0 Å². The molecule has 0 bridgehead atoms. The Hall–Kier alpha value is -2.09. The fraction of sp³-hybridized carbons (Fsp3) is 0.316. The van der Waals surface area contributed by atoms with Gasteiger partial charge in [-0.15, -0.1) is 5.06 Å². The third-order valence-corrected chi connectivity index (χ3v) is 5.84. The second-order valence-electron chi connectivity index (χ2n) is 6.37. The zero-order chi connectivity index (χ0) is 19.4. The van der Waals surface area contributed by atoms with Gasteiger partial charge in [0.05, 0.1) is 17.1 Å². The van der Waals surface area contributed by atoms with Crippen LogP contribution in [0.4, 0.5) is 5.69 Å². The predicted molar refractivity (Wildman–Crippen MR) is 104 cm³/mol. The van der Waals surface area contributed by atoms with E-state index in [4.69, 9.17) is 16.4 Å². The van der Waals surface area contributed by atoms with Crippen molar-refractivity contribution in [2.45, 2.75) is 37.6 Å². The highest BCUT2D eigenvalue weighted by Crippen LogP contribution is 2.25. The van der Waals surface area contributed by atoms with E-state index in [0.717, 1.165) is 17.5 Å². The first-order chi connectivity index (χ1) is 12.9. The molecule has 2 aromatic rings. The van der Waals surface area contributed by atoms with Gasteiger partial charge in [-0.2, -0.15) is 0 Å². The quantitative estimate of drug-likeness (QED) is 0.787. The number of rotatable bonds is 6. The smallest absolute Gasteiger partial charge is 0.325 e. The lowest BCUT2D eigenvalue weighted by molar-refractivity contribution is -0.195. The number of halogens is 1. The summed E-state index contributed by atoms with van der Waals surface area (Å²) in [4.78, 5) is 17.2. The summed E-state index contributed by atoms with van der Waals surface area (Å²) in [6.45, 7) is 2.87. The topological polar surface area (TPSA) is 75.7 Å². The van der Waals surface area contributed by atoms with Crippen LogP contribution >= 0.6 is 11.6 Å². The number of carbonyl (C=O) groups is 1. The summed E-state index contributed by atoms with van der Waals surface area (Å²) in [5.74, 6) is -0.271. The largest absolute Gasteiger partial charge is 0.368 e. The van der Waals surface area contributed by atoms with Gasteiger partial charge >= 0.3 is 5.97 Å². The minimum atomic E-state index is -3.75. The van der Waals surface area contributed by atoms with Crippen molar-refractivity contribution in [3.05, 3.63) is 58.6 Å². The molecule has 0 fully saturated rings. The van der Waals surface area contributed by atoms with Gasteiger partial charge in [0, 0.05) is 18.0 Å². The number of hydroxylamine groups is 2. The van der Waals surface area contributed by atoms with Crippen molar-refractivity contribution in [1.82, 2.24) is 5.06 Å². The Kier molecular flexibility index (Phi) is 6.04. The van der Waals surface area contributed by atoms with Gasteiger partial charge in [-0.1, -0.05) is 30.7 Å². The number of anilines is 1. The Labute approximate surface area is 164 Å². The van der Waals surface area contributed by atoms with Gasteiger partial charge in [-0.05, 0) is 54.3 Å². The molecule has 0 amide bonds. The molecule has 8 heteroatoms.